The molecule has 6 aromatic rings. The molecule has 1 aliphatic heterocycles. The first-order chi connectivity index (χ1) is 25.1. The summed E-state index contributed by atoms with van der Waals surface area (Å²) in [4.78, 5) is 0. The molecular formula is C44H44F6N3P. The summed E-state index contributed by atoms with van der Waals surface area (Å²) in [5, 5.41) is 16.6. The molecule has 3 nitrogen and oxygen atoms in total. The van der Waals surface area contributed by atoms with E-state index >= 15 is 0 Å². The van der Waals surface area contributed by atoms with Crippen molar-refractivity contribution in [2.45, 2.75) is 91.1 Å². The number of nitrogens with zero attached hydrogens (tertiary/aromatic N) is 3. The fourth-order valence-corrected chi connectivity index (χ4v) is 9.12. The number of fused-ring (bicyclic) bond motifs is 3. The van der Waals surface area contributed by atoms with Crippen LogP contribution in [0.15, 0.2) is 90.2 Å². The topological polar surface area (TPSA) is 18.6 Å². The third-order valence-corrected chi connectivity index (χ3v) is 11.3. The maximum absolute atomic E-state index is 10.7. The number of hydrogen-bond acceptors (Lipinski definition) is 2. The minimum absolute atomic E-state index is 0.0292. The van der Waals surface area contributed by atoms with Crippen molar-refractivity contribution in [1.82, 2.24) is 0 Å². The predicted molar refractivity (Wildman–Crippen MR) is 211 cm³/mol. The second-order valence-corrected chi connectivity index (χ2v) is 18.2. The Morgan fingerprint density at radius 3 is 1.33 bits per heavy atom. The molecule has 0 bridgehead atoms. The molecule has 3 aliphatic rings. The number of anilines is 1. The molecule has 54 heavy (non-hydrogen) atoms. The monoisotopic (exact) mass is 759 g/mol. The van der Waals surface area contributed by atoms with Crippen LogP contribution in [0.5, 0.6) is 0 Å². The van der Waals surface area contributed by atoms with Crippen LogP contribution in [0.4, 0.5) is 36.6 Å². The van der Waals surface area contributed by atoms with Gasteiger partial charge in [-0.1, -0.05) is 140 Å². The summed E-state index contributed by atoms with van der Waals surface area (Å²) >= 11 is 0. The van der Waals surface area contributed by atoms with E-state index in [0.29, 0.717) is 23.7 Å². The van der Waals surface area contributed by atoms with Crippen molar-refractivity contribution < 1.29 is 29.9 Å². The normalized spacial score (nSPS) is 18.5. The summed E-state index contributed by atoms with van der Waals surface area (Å²) in [7, 11) is -10.7. The van der Waals surface area contributed by atoms with Crippen molar-refractivity contribution in [2.24, 2.45) is 5.22 Å². The van der Waals surface area contributed by atoms with Crippen LogP contribution in [-0.2, 0) is 0 Å². The molecule has 0 N–H and O–H groups in total. The quantitative estimate of drug-likeness (QED) is 0.0715. The maximum atomic E-state index is 9.87. The number of rotatable bonds is 6. The first-order valence-corrected chi connectivity index (χ1v) is 20.7. The zero-order valence-corrected chi connectivity index (χ0v) is 32.5. The molecule has 0 unspecified atom stereocenters. The van der Waals surface area contributed by atoms with Crippen LogP contribution in [0.1, 0.15) is 125 Å². The van der Waals surface area contributed by atoms with E-state index in [1.54, 1.807) is 0 Å². The Labute approximate surface area is 311 Å². The molecule has 282 valence electrons. The molecule has 1 heterocycles. The number of hydrogen-bond donors (Lipinski definition) is 0. The van der Waals surface area contributed by atoms with Crippen molar-refractivity contribution in [2.75, 3.05) is 5.01 Å². The summed E-state index contributed by atoms with van der Waals surface area (Å²) in [6, 6.07) is 32.8. The molecule has 2 atom stereocenters. The molecule has 9 rings (SSSR count). The van der Waals surface area contributed by atoms with E-state index in [1.807, 2.05) is 0 Å². The van der Waals surface area contributed by atoms with Gasteiger partial charge in [0, 0.05) is 33.4 Å². The Kier molecular flexibility index (Phi) is 7.78. The van der Waals surface area contributed by atoms with Crippen molar-refractivity contribution in [1.29, 1.82) is 0 Å². The summed E-state index contributed by atoms with van der Waals surface area (Å²) in [5.41, 5.74) is 13.7. The fourth-order valence-electron chi connectivity index (χ4n) is 9.12. The zero-order chi connectivity index (χ0) is 38.9. The third kappa shape index (κ3) is 5.94. The Balaban J connectivity index is 0.000000541. The third-order valence-electron chi connectivity index (χ3n) is 11.3. The number of benzene rings is 6. The van der Waals surface area contributed by atoms with Gasteiger partial charge in [-0.3, -0.25) is 0 Å². The summed E-state index contributed by atoms with van der Waals surface area (Å²) in [6.45, 7) is 18.6. The first kappa shape index (κ1) is 36.5. The van der Waals surface area contributed by atoms with E-state index in [-0.39, 0.29) is 12.1 Å². The Bertz CT molecular complexity index is 2520. The molecular weight excluding hydrogens is 715 g/mol. The fraction of sp³-hybridized carbons (Fsp3) is 0.318. The molecule has 0 amide bonds. The molecule has 2 aliphatic carbocycles. The van der Waals surface area contributed by atoms with Crippen molar-refractivity contribution in [3.05, 3.63) is 118 Å². The van der Waals surface area contributed by atoms with Crippen LogP contribution in [0.25, 0.3) is 43.4 Å². The van der Waals surface area contributed by atoms with Crippen LogP contribution in [0.3, 0.4) is 0 Å². The van der Waals surface area contributed by atoms with Gasteiger partial charge in [-0.05, 0) is 67.1 Å². The van der Waals surface area contributed by atoms with Gasteiger partial charge < -0.3 is 0 Å². The van der Waals surface area contributed by atoms with Gasteiger partial charge in [0.2, 0.25) is 0 Å². The average Bonchev–Trinajstić information content (AvgIpc) is 3.66. The van der Waals surface area contributed by atoms with Gasteiger partial charge in [0.15, 0.2) is 23.5 Å². The molecule has 0 spiro atoms. The average molecular weight is 760 g/mol. The van der Waals surface area contributed by atoms with Gasteiger partial charge in [-0.15, -0.1) is 9.71 Å². The van der Waals surface area contributed by atoms with E-state index in [2.05, 4.69) is 150 Å². The van der Waals surface area contributed by atoms with E-state index in [4.69, 9.17) is 5.22 Å². The van der Waals surface area contributed by atoms with E-state index in [1.165, 1.54) is 88.2 Å². The molecule has 0 radical (unpaired) electrons. The van der Waals surface area contributed by atoms with Crippen molar-refractivity contribution >= 4 is 51.5 Å². The van der Waals surface area contributed by atoms with Crippen LogP contribution in [0.2, 0.25) is 0 Å². The first-order valence-electron chi connectivity index (χ1n) is 18.7. The molecule has 0 saturated carbocycles. The number of para-hydroxylation sites is 2. The van der Waals surface area contributed by atoms with Gasteiger partial charge in [-0.25, -0.2) is 0 Å². The van der Waals surface area contributed by atoms with E-state index < -0.39 is 7.81 Å². The Hall–Kier alpha value is -4.49. The second kappa shape index (κ2) is 11.5. The van der Waals surface area contributed by atoms with E-state index in [9.17, 15) is 25.2 Å². The Morgan fingerprint density at radius 1 is 0.519 bits per heavy atom. The standard InChI is InChI=1S/C44H44N3.F6P/c1-23(2)30-11-9-12-31(24(3)4)41(30)46-43-34-21-19-28-17-15-27-16-18-29-20-22-35(40-38(29)36(27)37(28)39(34)40)44(43)47(45-46)42-32(25(5)6)13-10-14-33(42)26(7)8;1-7(2,3,4,5)6/h9-26,43-44H,1-8H3;/q+1;-1/t43-,44+;. The Morgan fingerprint density at radius 2 is 0.889 bits per heavy atom. The van der Waals surface area contributed by atoms with Crippen molar-refractivity contribution in [3.8, 4) is 11.1 Å². The predicted octanol–water partition coefficient (Wildman–Crippen LogP) is 16.3. The van der Waals surface area contributed by atoms with E-state index in [0.717, 1.165) is 0 Å². The van der Waals surface area contributed by atoms with Gasteiger partial charge >= 0.3 is 33.0 Å². The SMILES string of the molecule is CC(C)c1cccc(C(C)C)c1N1N=[N+](c2c(C(C)C)cccc2C(C)C)[C@H]2c3ccc4ccc5ccc6ccc(c7c6c5c4c3-7)[C@H]21.F[P-](F)(F)(F)(F)F. The number of halogens is 6. The van der Waals surface area contributed by atoms with Crippen molar-refractivity contribution in [3.63, 3.8) is 0 Å². The van der Waals surface area contributed by atoms with Gasteiger partial charge in [0.25, 0.3) is 0 Å². The molecule has 6 aromatic carbocycles. The molecule has 0 fully saturated rings. The summed E-state index contributed by atoms with van der Waals surface area (Å²) in [5.74, 6) is 1.47. The van der Waals surface area contributed by atoms with Gasteiger partial charge in [-0.2, -0.15) is 0 Å². The molecule has 0 aromatic heterocycles. The van der Waals surface area contributed by atoms with Crippen LogP contribution in [0, 0.1) is 0 Å². The minimum atomic E-state index is -10.7. The van der Waals surface area contributed by atoms with Gasteiger partial charge in [0.05, 0.1) is 5.22 Å². The summed E-state index contributed by atoms with van der Waals surface area (Å²) in [6.07, 6.45) is 0. The zero-order valence-electron chi connectivity index (χ0n) is 31.6. The van der Waals surface area contributed by atoms with Crippen LogP contribution in [-0.4, -0.2) is 4.70 Å². The summed E-state index contributed by atoms with van der Waals surface area (Å²) < 4.78 is 61.7. The molecule has 0 saturated heterocycles. The second-order valence-electron chi connectivity index (χ2n) is 16.3. The van der Waals surface area contributed by atoms with Crippen LogP contribution >= 0.6 is 7.81 Å². The molecule has 10 heteroatoms. The van der Waals surface area contributed by atoms with Crippen LogP contribution < -0.4 is 5.01 Å². The van der Waals surface area contributed by atoms with Gasteiger partial charge in [0.1, 0.15) is 0 Å².